The highest BCUT2D eigenvalue weighted by molar-refractivity contribution is 7.20. The maximum atomic E-state index is 11.9. The summed E-state index contributed by atoms with van der Waals surface area (Å²) in [7, 11) is 1.37. The molecule has 0 saturated heterocycles. The van der Waals surface area contributed by atoms with Crippen molar-refractivity contribution >= 4 is 33.2 Å². The van der Waals surface area contributed by atoms with Crippen LogP contribution < -0.4 is 0 Å². The van der Waals surface area contributed by atoms with Crippen molar-refractivity contribution in [2.24, 2.45) is 0 Å². The molecule has 0 spiro atoms. The molecule has 0 N–H and O–H groups in total. The van der Waals surface area contributed by atoms with Crippen LogP contribution in [0.25, 0.3) is 27.4 Å². The Hall–Kier alpha value is -2.81. The molecule has 0 atom stereocenters. The smallest absolute Gasteiger partial charge is 0.348 e. The monoisotopic (exact) mass is 342 g/mol. The number of aryl methyl sites for hydroxylation is 2. The van der Waals surface area contributed by atoms with E-state index in [1.807, 2.05) is 30.8 Å². The van der Waals surface area contributed by atoms with Gasteiger partial charge in [-0.15, -0.1) is 16.4 Å². The van der Waals surface area contributed by atoms with E-state index in [-0.39, 0.29) is 5.97 Å². The van der Waals surface area contributed by atoms with E-state index in [9.17, 15) is 4.79 Å². The lowest BCUT2D eigenvalue weighted by Crippen LogP contribution is -1.99. The highest BCUT2D eigenvalue weighted by Gasteiger charge is 2.21. The Bertz CT molecular complexity index is 1080. The van der Waals surface area contributed by atoms with Gasteiger partial charge in [-0.25, -0.2) is 19.3 Å². The summed E-state index contributed by atoms with van der Waals surface area (Å²) in [5, 5.41) is 9.70. The second-order valence-electron chi connectivity index (χ2n) is 5.23. The molecule has 24 heavy (non-hydrogen) atoms. The Morgan fingerprint density at radius 3 is 2.92 bits per heavy atom. The Morgan fingerprint density at radius 1 is 1.38 bits per heavy atom. The van der Waals surface area contributed by atoms with Gasteiger partial charge in [-0.3, -0.25) is 4.68 Å². The highest BCUT2D eigenvalue weighted by Crippen LogP contribution is 2.32. The van der Waals surface area contributed by atoms with Crippen LogP contribution in [0.15, 0.2) is 18.6 Å². The standard InChI is InChI=1S/C15H14N6O2S/c1-4-20-6-5-9(18-20)12-17-13-10-8(2)11(15(22)23-3)24-14(10)16-7-21(13)19-12/h5-7H,4H2,1-3H3. The molecule has 4 rings (SSSR count). The van der Waals surface area contributed by atoms with E-state index in [4.69, 9.17) is 4.74 Å². The molecule has 0 bridgehead atoms. The van der Waals surface area contributed by atoms with E-state index in [0.29, 0.717) is 22.0 Å². The molecule has 9 heteroatoms. The summed E-state index contributed by atoms with van der Waals surface area (Å²) in [5.74, 6) is 0.164. The molecule has 0 aliphatic carbocycles. The SMILES string of the molecule is CCn1ccc(-c2nc3c4c(C)c(C(=O)OC)sc4ncn3n2)n1. The van der Waals surface area contributed by atoms with Crippen molar-refractivity contribution in [2.45, 2.75) is 20.4 Å². The van der Waals surface area contributed by atoms with Crippen molar-refractivity contribution in [3.05, 3.63) is 29.0 Å². The van der Waals surface area contributed by atoms with E-state index in [1.165, 1.54) is 18.4 Å². The third-order valence-corrected chi connectivity index (χ3v) is 5.01. The van der Waals surface area contributed by atoms with Crippen LogP contribution in [-0.2, 0) is 11.3 Å². The van der Waals surface area contributed by atoms with Crippen LogP contribution in [0, 0.1) is 6.92 Å². The molecular weight excluding hydrogens is 328 g/mol. The summed E-state index contributed by atoms with van der Waals surface area (Å²) >= 11 is 1.30. The largest absolute Gasteiger partial charge is 0.465 e. The lowest BCUT2D eigenvalue weighted by molar-refractivity contribution is 0.0605. The van der Waals surface area contributed by atoms with Crippen LogP contribution in [0.3, 0.4) is 0 Å². The first-order chi connectivity index (χ1) is 11.6. The summed E-state index contributed by atoms with van der Waals surface area (Å²) < 4.78 is 8.27. The quantitative estimate of drug-likeness (QED) is 0.531. The van der Waals surface area contributed by atoms with Gasteiger partial charge < -0.3 is 4.74 Å². The lowest BCUT2D eigenvalue weighted by Gasteiger charge is -1.96. The predicted molar refractivity (Wildman–Crippen MR) is 89.1 cm³/mol. The topological polar surface area (TPSA) is 87.2 Å². The molecule has 0 fully saturated rings. The van der Waals surface area contributed by atoms with Gasteiger partial charge in [0, 0.05) is 12.7 Å². The Balaban J connectivity index is 1.94. The molecule has 0 aliphatic rings. The number of carbonyl (C=O) groups is 1. The fourth-order valence-corrected chi connectivity index (χ4v) is 3.65. The van der Waals surface area contributed by atoms with Gasteiger partial charge in [-0.1, -0.05) is 0 Å². The van der Waals surface area contributed by atoms with Gasteiger partial charge in [0.25, 0.3) is 0 Å². The number of aromatic nitrogens is 6. The van der Waals surface area contributed by atoms with E-state index in [1.54, 1.807) is 10.8 Å². The van der Waals surface area contributed by atoms with Gasteiger partial charge in [0.2, 0.25) is 5.82 Å². The fraction of sp³-hybridized carbons (Fsp3) is 0.267. The summed E-state index contributed by atoms with van der Waals surface area (Å²) in [4.78, 5) is 22.2. The van der Waals surface area contributed by atoms with Crippen LogP contribution in [0.2, 0.25) is 0 Å². The first-order valence-electron chi connectivity index (χ1n) is 7.39. The van der Waals surface area contributed by atoms with Crippen LogP contribution in [0.4, 0.5) is 0 Å². The van der Waals surface area contributed by atoms with E-state index in [2.05, 4.69) is 20.2 Å². The second kappa shape index (κ2) is 5.38. The minimum absolute atomic E-state index is 0.366. The Labute approximate surface area is 140 Å². The average Bonchev–Trinajstić information content (AvgIpc) is 3.29. The second-order valence-corrected chi connectivity index (χ2v) is 6.23. The first-order valence-corrected chi connectivity index (χ1v) is 8.20. The van der Waals surface area contributed by atoms with Crippen molar-refractivity contribution in [3.63, 3.8) is 0 Å². The number of nitrogens with zero attached hydrogens (tertiary/aromatic N) is 6. The number of carbonyl (C=O) groups excluding carboxylic acids is 1. The van der Waals surface area contributed by atoms with Gasteiger partial charge in [0.1, 0.15) is 21.7 Å². The van der Waals surface area contributed by atoms with Crippen molar-refractivity contribution in [3.8, 4) is 11.5 Å². The number of esters is 1. The highest BCUT2D eigenvalue weighted by atomic mass is 32.1. The van der Waals surface area contributed by atoms with Crippen LogP contribution in [0.1, 0.15) is 22.2 Å². The fourth-order valence-electron chi connectivity index (χ4n) is 2.59. The maximum absolute atomic E-state index is 11.9. The molecule has 4 aromatic rings. The van der Waals surface area contributed by atoms with E-state index < -0.39 is 0 Å². The van der Waals surface area contributed by atoms with Crippen molar-refractivity contribution in [1.82, 2.24) is 29.4 Å². The first kappa shape index (κ1) is 14.8. The minimum Gasteiger partial charge on any atom is -0.465 e. The average molecular weight is 342 g/mol. The zero-order chi connectivity index (χ0) is 16.8. The zero-order valence-electron chi connectivity index (χ0n) is 13.3. The molecule has 122 valence electrons. The van der Waals surface area contributed by atoms with E-state index in [0.717, 1.165) is 22.3 Å². The molecule has 4 heterocycles. The molecule has 4 aromatic heterocycles. The summed E-state index contributed by atoms with van der Waals surface area (Å²) in [5.41, 5.74) is 2.16. The number of thiophene rings is 1. The number of rotatable bonds is 3. The van der Waals surface area contributed by atoms with Gasteiger partial charge in [0.05, 0.1) is 12.5 Å². The number of ether oxygens (including phenoxy) is 1. The van der Waals surface area contributed by atoms with Crippen molar-refractivity contribution < 1.29 is 9.53 Å². The zero-order valence-corrected chi connectivity index (χ0v) is 14.2. The number of hydrogen-bond acceptors (Lipinski definition) is 7. The molecule has 0 unspecified atom stereocenters. The number of fused-ring (bicyclic) bond motifs is 3. The Kier molecular flexibility index (Phi) is 3.31. The van der Waals surface area contributed by atoms with Crippen molar-refractivity contribution in [1.29, 1.82) is 0 Å². The molecular formula is C15H14N6O2S. The van der Waals surface area contributed by atoms with Gasteiger partial charge in [-0.2, -0.15) is 5.10 Å². The number of methoxy groups -OCH3 is 1. The predicted octanol–water partition coefficient (Wildman–Crippen LogP) is 2.32. The Morgan fingerprint density at radius 2 is 2.21 bits per heavy atom. The van der Waals surface area contributed by atoms with E-state index >= 15 is 0 Å². The molecule has 0 aromatic carbocycles. The van der Waals surface area contributed by atoms with Crippen molar-refractivity contribution in [2.75, 3.05) is 7.11 Å². The van der Waals surface area contributed by atoms with Gasteiger partial charge in [0.15, 0.2) is 5.65 Å². The summed E-state index contributed by atoms with van der Waals surface area (Å²) in [6.45, 7) is 4.67. The third kappa shape index (κ3) is 2.08. The molecule has 0 aliphatic heterocycles. The normalized spacial score (nSPS) is 11.5. The van der Waals surface area contributed by atoms with Gasteiger partial charge in [-0.05, 0) is 25.5 Å². The summed E-state index contributed by atoms with van der Waals surface area (Å²) in [6, 6.07) is 1.88. The molecule has 8 nitrogen and oxygen atoms in total. The summed E-state index contributed by atoms with van der Waals surface area (Å²) in [6.07, 6.45) is 3.49. The van der Waals surface area contributed by atoms with Gasteiger partial charge >= 0.3 is 5.97 Å². The lowest BCUT2D eigenvalue weighted by atomic mass is 10.2. The maximum Gasteiger partial charge on any atom is 0.348 e. The molecule has 0 saturated carbocycles. The molecule has 0 radical (unpaired) electrons. The van der Waals surface area contributed by atoms with Crippen LogP contribution >= 0.6 is 11.3 Å². The number of hydrogen-bond donors (Lipinski definition) is 0. The molecule has 0 amide bonds. The third-order valence-electron chi connectivity index (χ3n) is 3.83. The van der Waals surface area contributed by atoms with Crippen LogP contribution in [0.5, 0.6) is 0 Å². The van der Waals surface area contributed by atoms with Crippen LogP contribution in [-0.4, -0.2) is 42.4 Å². The minimum atomic E-state index is -0.366.